The lowest BCUT2D eigenvalue weighted by molar-refractivity contribution is -0.144. The first-order chi connectivity index (χ1) is 10.2. The van der Waals surface area contributed by atoms with Crippen LogP contribution in [-0.2, 0) is 4.79 Å². The van der Waals surface area contributed by atoms with Gasteiger partial charge in [-0.1, -0.05) is 0 Å². The van der Waals surface area contributed by atoms with Gasteiger partial charge in [0.05, 0.1) is 5.92 Å². The minimum atomic E-state index is 0.215. The summed E-state index contributed by atoms with van der Waals surface area (Å²) in [5.41, 5.74) is 3.09. The van der Waals surface area contributed by atoms with Crippen LogP contribution in [0.1, 0.15) is 12.8 Å². The first-order valence-corrected chi connectivity index (χ1v) is 8.31. The van der Waals surface area contributed by atoms with Crippen LogP contribution >= 0.6 is 0 Å². The van der Waals surface area contributed by atoms with Crippen LogP contribution in [0.25, 0.3) is 0 Å². The predicted molar refractivity (Wildman–Crippen MR) is 82.8 cm³/mol. The smallest absolute Gasteiger partial charge is 0.228 e. The van der Waals surface area contributed by atoms with Gasteiger partial charge < -0.3 is 9.80 Å². The van der Waals surface area contributed by atoms with E-state index in [1.807, 2.05) is 7.05 Å². The summed E-state index contributed by atoms with van der Waals surface area (Å²) in [6.07, 6.45) is 2.56. The van der Waals surface area contributed by atoms with Crippen molar-refractivity contribution in [3.63, 3.8) is 0 Å². The van der Waals surface area contributed by atoms with E-state index in [4.69, 9.17) is 0 Å². The van der Waals surface area contributed by atoms with E-state index in [0.29, 0.717) is 5.91 Å². The minimum Gasteiger partial charge on any atom is -0.340 e. The fraction of sp³-hybridized carbons (Fsp3) is 0.933. The lowest BCUT2D eigenvalue weighted by atomic mass is 9.99. The largest absolute Gasteiger partial charge is 0.340 e. The number of hydrazine groups is 1. The maximum Gasteiger partial charge on any atom is 0.228 e. The quantitative estimate of drug-likeness (QED) is 0.745. The third-order valence-electron chi connectivity index (χ3n) is 5.38. The van der Waals surface area contributed by atoms with Crippen molar-refractivity contribution < 1.29 is 4.79 Å². The van der Waals surface area contributed by atoms with Crippen molar-refractivity contribution in [3.8, 4) is 0 Å². The molecular weight excluding hydrogens is 266 g/mol. The first kappa shape index (κ1) is 15.2. The van der Waals surface area contributed by atoms with Crippen LogP contribution in [0, 0.1) is 5.92 Å². The molecule has 6 heteroatoms. The number of rotatable bonds is 3. The molecule has 0 bridgehead atoms. The number of hydrogen-bond donors (Lipinski definition) is 1. The number of piperazine rings is 1. The Hall–Kier alpha value is -0.690. The van der Waals surface area contributed by atoms with E-state index in [-0.39, 0.29) is 5.92 Å². The Bertz CT molecular complexity index is 355. The lowest BCUT2D eigenvalue weighted by Crippen LogP contribution is -2.61. The highest BCUT2D eigenvalue weighted by Crippen LogP contribution is 2.20. The number of carbonyl (C=O) groups excluding carboxylic acids is 1. The summed E-state index contributed by atoms with van der Waals surface area (Å²) in [5.74, 6) is 0.580. The average molecular weight is 295 g/mol. The first-order valence-electron chi connectivity index (χ1n) is 8.31. The van der Waals surface area contributed by atoms with Gasteiger partial charge in [0, 0.05) is 45.3 Å². The highest BCUT2D eigenvalue weighted by molar-refractivity contribution is 5.80. The van der Waals surface area contributed by atoms with Crippen LogP contribution < -0.4 is 5.43 Å². The topological polar surface area (TPSA) is 42.1 Å². The fourth-order valence-electron chi connectivity index (χ4n) is 3.74. The number of nitrogens with one attached hydrogen (secondary N) is 1. The van der Waals surface area contributed by atoms with Crippen molar-refractivity contribution >= 4 is 5.91 Å². The van der Waals surface area contributed by atoms with Crippen molar-refractivity contribution in [2.24, 2.45) is 5.92 Å². The number of nitrogens with zero attached hydrogens (tertiary/aromatic N) is 4. The Morgan fingerprint density at radius 3 is 2.19 bits per heavy atom. The van der Waals surface area contributed by atoms with Crippen molar-refractivity contribution in [2.75, 3.05) is 66.5 Å². The predicted octanol–water partition coefficient (Wildman–Crippen LogP) is -0.709. The van der Waals surface area contributed by atoms with Crippen LogP contribution in [0.3, 0.4) is 0 Å². The second-order valence-corrected chi connectivity index (χ2v) is 6.72. The molecule has 120 valence electrons. The zero-order chi connectivity index (χ0) is 14.8. The van der Waals surface area contributed by atoms with E-state index >= 15 is 0 Å². The number of carbonyl (C=O) groups is 1. The van der Waals surface area contributed by atoms with Crippen molar-refractivity contribution in [1.82, 2.24) is 25.1 Å². The maximum absolute atomic E-state index is 12.4. The minimum absolute atomic E-state index is 0.215. The van der Waals surface area contributed by atoms with Gasteiger partial charge in [0.15, 0.2) is 0 Å². The van der Waals surface area contributed by atoms with Crippen molar-refractivity contribution in [3.05, 3.63) is 0 Å². The molecule has 0 radical (unpaired) electrons. The molecule has 0 aromatic carbocycles. The summed E-state index contributed by atoms with van der Waals surface area (Å²) in [4.78, 5) is 19.5. The van der Waals surface area contributed by atoms with E-state index in [0.717, 1.165) is 45.3 Å². The molecule has 0 atom stereocenters. The second kappa shape index (κ2) is 6.60. The fourth-order valence-corrected chi connectivity index (χ4v) is 3.74. The molecular formula is C15H29N5O. The molecule has 3 heterocycles. The monoisotopic (exact) mass is 295 g/mol. The van der Waals surface area contributed by atoms with Gasteiger partial charge in [0.2, 0.25) is 5.91 Å². The third-order valence-corrected chi connectivity index (χ3v) is 5.38. The van der Waals surface area contributed by atoms with Crippen LogP contribution in [0.4, 0.5) is 0 Å². The molecule has 3 rings (SSSR count). The lowest BCUT2D eigenvalue weighted by Gasteiger charge is -2.45. The van der Waals surface area contributed by atoms with E-state index in [1.54, 1.807) is 0 Å². The zero-order valence-electron chi connectivity index (χ0n) is 13.4. The van der Waals surface area contributed by atoms with Crippen molar-refractivity contribution in [2.45, 2.75) is 18.9 Å². The molecule has 1 amide bonds. The van der Waals surface area contributed by atoms with Gasteiger partial charge in [0.25, 0.3) is 0 Å². The second-order valence-electron chi connectivity index (χ2n) is 6.72. The molecule has 0 aromatic heterocycles. The highest BCUT2D eigenvalue weighted by Gasteiger charge is 2.36. The van der Waals surface area contributed by atoms with Gasteiger partial charge in [-0.2, -0.15) is 0 Å². The normalized spacial score (nSPS) is 27.8. The van der Waals surface area contributed by atoms with E-state index in [2.05, 4.69) is 32.2 Å². The molecule has 3 fully saturated rings. The summed E-state index contributed by atoms with van der Waals surface area (Å²) in [6, 6.07) is 0.738. The van der Waals surface area contributed by atoms with Gasteiger partial charge in [0.1, 0.15) is 0 Å². The van der Waals surface area contributed by atoms with Gasteiger partial charge in [-0.15, -0.1) is 0 Å². The van der Waals surface area contributed by atoms with Gasteiger partial charge >= 0.3 is 0 Å². The number of hydrogen-bond acceptors (Lipinski definition) is 5. The summed E-state index contributed by atoms with van der Waals surface area (Å²) >= 11 is 0. The molecule has 1 N–H and O–H groups in total. The van der Waals surface area contributed by atoms with Gasteiger partial charge in [-0.3, -0.25) is 15.1 Å². The van der Waals surface area contributed by atoms with E-state index in [9.17, 15) is 4.79 Å². The number of amides is 1. The molecule has 0 spiro atoms. The summed E-state index contributed by atoms with van der Waals surface area (Å²) in [7, 11) is 4.13. The molecule has 3 saturated heterocycles. The maximum atomic E-state index is 12.4. The molecule has 3 aliphatic rings. The Morgan fingerprint density at radius 1 is 1.00 bits per heavy atom. The third kappa shape index (κ3) is 3.39. The van der Waals surface area contributed by atoms with E-state index < -0.39 is 0 Å². The number of piperidine rings is 1. The molecule has 0 saturated carbocycles. The molecule has 0 aromatic rings. The Balaban J connectivity index is 1.42. The molecule has 21 heavy (non-hydrogen) atoms. The van der Waals surface area contributed by atoms with Crippen LogP contribution in [-0.4, -0.2) is 98.1 Å². The van der Waals surface area contributed by atoms with Crippen LogP contribution in [0.15, 0.2) is 0 Å². The van der Waals surface area contributed by atoms with E-state index in [1.165, 1.54) is 25.9 Å². The highest BCUT2D eigenvalue weighted by atomic mass is 16.2. The van der Waals surface area contributed by atoms with Crippen LogP contribution in [0.2, 0.25) is 0 Å². The Labute approximate surface area is 128 Å². The summed E-state index contributed by atoms with van der Waals surface area (Å²) < 4.78 is 0. The molecule has 3 aliphatic heterocycles. The Morgan fingerprint density at radius 2 is 1.62 bits per heavy atom. The Kier molecular flexibility index (Phi) is 4.78. The molecule has 6 nitrogen and oxygen atoms in total. The summed E-state index contributed by atoms with van der Waals surface area (Å²) in [6.45, 7) is 8.11. The van der Waals surface area contributed by atoms with Crippen LogP contribution in [0.5, 0.6) is 0 Å². The SMILES string of the molecule is CNN1CC(C(=O)N2CCN(C3CCN(C)CC3)CC2)C1. The molecule has 0 unspecified atom stereocenters. The zero-order valence-corrected chi connectivity index (χ0v) is 13.4. The van der Waals surface area contributed by atoms with Gasteiger partial charge in [-0.25, -0.2) is 5.01 Å². The standard InChI is InChI=1S/C15H29N5O/c1-16-20-11-13(12-20)15(21)19-9-7-18(8-10-19)14-3-5-17(2)6-4-14/h13-14,16H,3-12H2,1-2H3. The van der Waals surface area contributed by atoms with Crippen molar-refractivity contribution in [1.29, 1.82) is 0 Å². The average Bonchev–Trinajstić information content (AvgIpc) is 2.47. The summed E-state index contributed by atoms with van der Waals surface area (Å²) in [5, 5.41) is 2.09. The number of likely N-dealkylation sites (tertiary alicyclic amines) is 1. The van der Waals surface area contributed by atoms with Gasteiger partial charge in [-0.05, 0) is 40.0 Å². The molecule has 0 aliphatic carbocycles.